The van der Waals surface area contributed by atoms with Gasteiger partial charge >= 0.3 is 0 Å². The van der Waals surface area contributed by atoms with Crippen LogP contribution in [0.5, 0.6) is 0 Å². The molecule has 1 nitrogen and oxygen atoms in total. The first-order valence-corrected chi connectivity index (χ1v) is 3.16. The molecule has 0 saturated heterocycles. The summed E-state index contributed by atoms with van der Waals surface area (Å²) in [5.41, 5.74) is 0. The number of alkyl halides is 1. The van der Waals surface area contributed by atoms with Gasteiger partial charge in [-0.15, -0.1) is 0 Å². The van der Waals surface area contributed by atoms with E-state index in [0.29, 0.717) is 0 Å². The number of hydrogen-bond acceptors (Lipinski definition) is 1. The molecule has 1 aliphatic rings. The SMILES string of the molecule is N#CC1(Br)CCC1. The van der Waals surface area contributed by atoms with E-state index in [-0.39, 0.29) is 4.32 Å². The first-order valence-electron chi connectivity index (χ1n) is 2.37. The lowest BCUT2D eigenvalue weighted by molar-refractivity contribution is 0.450. The van der Waals surface area contributed by atoms with Gasteiger partial charge in [-0.05, 0) is 19.3 Å². The fourth-order valence-corrected chi connectivity index (χ4v) is 1.16. The molecule has 0 aromatic heterocycles. The van der Waals surface area contributed by atoms with Crippen molar-refractivity contribution in [2.45, 2.75) is 23.6 Å². The Bertz CT molecular complexity index is 110. The Morgan fingerprint density at radius 1 is 1.57 bits per heavy atom. The van der Waals surface area contributed by atoms with E-state index < -0.39 is 0 Å². The summed E-state index contributed by atoms with van der Waals surface area (Å²) in [6.07, 6.45) is 3.27. The zero-order valence-corrected chi connectivity index (χ0v) is 5.53. The van der Waals surface area contributed by atoms with Gasteiger partial charge in [0.1, 0.15) is 4.32 Å². The van der Waals surface area contributed by atoms with Crippen LogP contribution in [-0.4, -0.2) is 4.32 Å². The molecule has 0 aliphatic heterocycles. The quantitative estimate of drug-likeness (QED) is 0.496. The lowest BCUT2D eigenvalue weighted by Crippen LogP contribution is -2.26. The van der Waals surface area contributed by atoms with E-state index in [1.165, 1.54) is 6.42 Å². The van der Waals surface area contributed by atoms with E-state index in [2.05, 4.69) is 22.0 Å². The zero-order chi connectivity index (χ0) is 5.33. The summed E-state index contributed by atoms with van der Waals surface area (Å²) in [7, 11) is 0. The molecule has 0 spiro atoms. The predicted molar refractivity (Wildman–Crippen MR) is 31.1 cm³/mol. The minimum absolute atomic E-state index is 0.118. The highest BCUT2D eigenvalue weighted by Crippen LogP contribution is 2.38. The van der Waals surface area contributed by atoms with Crippen LogP contribution in [0, 0.1) is 11.3 Å². The normalized spacial score (nSPS) is 25.1. The maximum Gasteiger partial charge on any atom is 0.112 e. The van der Waals surface area contributed by atoms with Crippen LogP contribution in [-0.2, 0) is 0 Å². The molecular weight excluding hydrogens is 154 g/mol. The molecule has 0 amide bonds. The molecule has 1 fully saturated rings. The van der Waals surface area contributed by atoms with Crippen LogP contribution in [0.4, 0.5) is 0 Å². The van der Waals surface area contributed by atoms with Crippen LogP contribution < -0.4 is 0 Å². The Labute approximate surface area is 51.5 Å². The van der Waals surface area contributed by atoms with Gasteiger partial charge in [-0.1, -0.05) is 15.9 Å². The first-order chi connectivity index (χ1) is 3.27. The number of halogens is 1. The van der Waals surface area contributed by atoms with Gasteiger partial charge in [-0.25, -0.2) is 0 Å². The summed E-state index contributed by atoms with van der Waals surface area (Å²) >= 11 is 3.31. The molecule has 1 saturated carbocycles. The molecule has 0 N–H and O–H groups in total. The van der Waals surface area contributed by atoms with E-state index in [4.69, 9.17) is 5.26 Å². The molecule has 7 heavy (non-hydrogen) atoms. The second-order valence-electron chi connectivity index (χ2n) is 1.93. The van der Waals surface area contributed by atoms with Gasteiger partial charge in [-0.2, -0.15) is 5.26 Å². The van der Waals surface area contributed by atoms with Gasteiger partial charge in [-0.3, -0.25) is 0 Å². The third-order valence-corrected chi connectivity index (χ3v) is 2.32. The lowest BCUT2D eigenvalue weighted by atomic mass is 9.87. The highest BCUT2D eigenvalue weighted by Gasteiger charge is 2.33. The average Bonchev–Trinajstić information content (AvgIpc) is 1.61. The fraction of sp³-hybridized carbons (Fsp3) is 0.800. The van der Waals surface area contributed by atoms with Crippen LogP contribution in [0.15, 0.2) is 0 Å². The molecule has 0 aromatic rings. The van der Waals surface area contributed by atoms with Gasteiger partial charge in [0.05, 0.1) is 6.07 Å². The van der Waals surface area contributed by atoms with Crippen molar-refractivity contribution >= 4 is 15.9 Å². The van der Waals surface area contributed by atoms with Crippen LogP contribution >= 0.6 is 15.9 Å². The van der Waals surface area contributed by atoms with Crippen molar-refractivity contribution < 1.29 is 0 Å². The second-order valence-corrected chi connectivity index (χ2v) is 3.45. The Balaban J connectivity index is 2.48. The van der Waals surface area contributed by atoms with Crippen LogP contribution in [0.2, 0.25) is 0 Å². The van der Waals surface area contributed by atoms with Gasteiger partial charge in [0.2, 0.25) is 0 Å². The maximum absolute atomic E-state index is 8.35. The number of rotatable bonds is 0. The van der Waals surface area contributed by atoms with Crippen molar-refractivity contribution in [1.29, 1.82) is 5.26 Å². The number of hydrogen-bond donors (Lipinski definition) is 0. The van der Waals surface area contributed by atoms with E-state index in [0.717, 1.165) is 12.8 Å². The highest BCUT2D eigenvalue weighted by molar-refractivity contribution is 9.10. The summed E-state index contributed by atoms with van der Waals surface area (Å²) in [6, 6.07) is 2.19. The van der Waals surface area contributed by atoms with Crippen molar-refractivity contribution in [3.05, 3.63) is 0 Å². The van der Waals surface area contributed by atoms with E-state index in [1.54, 1.807) is 0 Å². The predicted octanol–water partition coefficient (Wildman–Crippen LogP) is 1.83. The Morgan fingerprint density at radius 2 is 2.14 bits per heavy atom. The van der Waals surface area contributed by atoms with Crippen LogP contribution in [0.1, 0.15) is 19.3 Å². The Kier molecular flexibility index (Phi) is 1.08. The van der Waals surface area contributed by atoms with E-state index in [1.807, 2.05) is 0 Å². The van der Waals surface area contributed by atoms with Crippen molar-refractivity contribution in [2.75, 3.05) is 0 Å². The Hall–Kier alpha value is -0.0300. The van der Waals surface area contributed by atoms with Crippen molar-refractivity contribution in [2.24, 2.45) is 0 Å². The number of nitriles is 1. The van der Waals surface area contributed by atoms with Crippen molar-refractivity contribution in [3.8, 4) is 6.07 Å². The van der Waals surface area contributed by atoms with Gasteiger partial charge < -0.3 is 0 Å². The summed E-state index contributed by atoms with van der Waals surface area (Å²) in [5.74, 6) is 0. The molecule has 0 radical (unpaired) electrons. The molecule has 1 aliphatic carbocycles. The summed E-state index contributed by atoms with van der Waals surface area (Å²) in [6.45, 7) is 0. The third kappa shape index (κ3) is 0.782. The minimum Gasteiger partial charge on any atom is -0.197 e. The highest BCUT2D eigenvalue weighted by atomic mass is 79.9. The van der Waals surface area contributed by atoms with Crippen molar-refractivity contribution in [1.82, 2.24) is 0 Å². The summed E-state index contributed by atoms with van der Waals surface area (Å²) in [5, 5.41) is 8.35. The summed E-state index contributed by atoms with van der Waals surface area (Å²) < 4.78 is -0.118. The van der Waals surface area contributed by atoms with Gasteiger partial charge in [0, 0.05) is 0 Å². The lowest BCUT2D eigenvalue weighted by Gasteiger charge is -2.27. The Morgan fingerprint density at radius 3 is 2.14 bits per heavy atom. The number of nitrogens with zero attached hydrogens (tertiary/aromatic N) is 1. The fourth-order valence-electron chi connectivity index (χ4n) is 0.599. The second kappa shape index (κ2) is 1.48. The first kappa shape index (κ1) is 5.11. The molecule has 0 aromatic carbocycles. The molecule has 0 bridgehead atoms. The third-order valence-electron chi connectivity index (χ3n) is 1.35. The average molecular weight is 160 g/mol. The van der Waals surface area contributed by atoms with E-state index in [9.17, 15) is 0 Å². The molecule has 1 rings (SSSR count). The van der Waals surface area contributed by atoms with Gasteiger partial charge in [0.15, 0.2) is 0 Å². The molecule has 0 heterocycles. The van der Waals surface area contributed by atoms with Crippen LogP contribution in [0.3, 0.4) is 0 Å². The monoisotopic (exact) mass is 159 g/mol. The van der Waals surface area contributed by atoms with E-state index >= 15 is 0 Å². The topological polar surface area (TPSA) is 23.8 Å². The molecule has 2 heteroatoms. The molecular formula is C5H6BrN. The largest absolute Gasteiger partial charge is 0.197 e. The summed E-state index contributed by atoms with van der Waals surface area (Å²) in [4.78, 5) is 0. The molecule has 0 unspecified atom stereocenters. The smallest absolute Gasteiger partial charge is 0.112 e. The van der Waals surface area contributed by atoms with Crippen molar-refractivity contribution in [3.63, 3.8) is 0 Å². The molecule has 38 valence electrons. The molecule has 0 atom stereocenters. The van der Waals surface area contributed by atoms with Crippen LogP contribution in [0.25, 0.3) is 0 Å². The zero-order valence-electron chi connectivity index (χ0n) is 3.95. The standard InChI is InChI=1S/C5H6BrN/c6-5(4-7)2-1-3-5/h1-3H2. The minimum atomic E-state index is -0.118. The maximum atomic E-state index is 8.35. The van der Waals surface area contributed by atoms with Gasteiger partial charge in [0.25, 0.3) is 0 Å².